The molecule has 2 aromatic carbocycles. The number of piperidine rings is 1. The molecule has 2 aliphatic rings. The van der Waals surface area contributed by atoms with E-state index in [0.29, 0.717) is 44.5 Å². The van der Waals surface area contributed by atoms with Crippen LogP contribution < -0.4 is 10.2 Å². The maximum Gasteiger partial charge on any atom is 0.293 e. The fraction of sp³-hybridized carbons (Fsp3) is 0.481. The van der Waals surface area contributed by atoms with Crippen LogP contribution in [0.25, 0.3) is 0 Å². The van der Waals surface area contributed by atoms with Crippen molar-refractivity contribution in [2.24, 2.45) is 0 Å². The molecule has 2 heterocycles. The molecule has 9 nitrogen and oxygen atoms in total. The van der Waals surface area contributed by atoms with Crippen LogP contribution in [0.1, 0.15) is 54.6 Å². The minimum Gasteiger partial charge on any atom is -0.362 e. The molecule has 0 radical (unpaired) electrons. The molecule has 0 saturated carbocycles. The molecule has 1 N–H and O–H groups in total. The number of carbonyl (C=O) groups is 2. The molecule has 2 aromatic rings. The molecular formula is C27H35N5O4. The van der Waals surface area contributed by atoms with Gasteiger partial charge in [-0.25, -0.2) is 0 Å². The Bertz CT molecular complexity index is 1100. The maximum absolute atomic E-state index is 12.8. The summed E-state index contributed by atoms with van der Waals surface area (Å²) in [6.07, 6.45) is 3.81. The average Bonchev–Trinajstić information content (AvgIpc) is 2.89. The summed E-state index contributed by atoms with van der Waals surface area (Å²) in [5.41, 5.74) is 2.86. The minimum atomic E-state index is -0.453. The van der Waals surface area contributed by atoms with Crippen molar-refractivity contribution in [1.82, 2.24) is 15.1 Å². The van der Waals surface area contributed by atoms with E-state index in [9.17, 15) is 19.7 Å². The van der Waals surface area contributed by atoms with E-state index in [2.05, 4.69) is 29.3 Å². The van der Waals surface area contributed by atoms with Gasteiger partial charge in [0.2, 0.25) is 5.91 Å². The Kier molecular flexibility index (Phi) is 8.20. The molecule has 1 unspecified atom stereocenters. The molecule has 2 fully saturated rings. The molecule has 4 rings (SSSR count). The van der Waals surface area contributed by atoms with Crippen molar-refractivity contribution in [3.05, 3.63) is 69.3 Å². The summed E-state index contributed by atoms with van der Waals surface area (Å²) in [5, 5.41) is 14.6. The number of nitrogens with one attached hydrogen (secondary N) is 1. The highest BCUT2D eigenvalue weighted by Gasteiger charge is 2.26. The van der Waals surface area contributed by atoms with Crippen LogP contribution in [0.3, 0.4) is 0 Å². The number of carbonyl (C=O) groups excluding carboxylic acids is 2. The zero-order chi connectivity index (χ0) is 25.7. The summed E-state index contributed by atoms with van der Waals surface area (Å²) in [4.78, 5) is 41.8. The number of nitro benzene ring substituents is 1. The molecule has 2 amide bonds. The zero-order valence-electron chi connectivity index (χ0n) is 21.1. The number of amides is 2. The van der Waals surface area contributed by atoms with E-state index in [0.717, 1.165) is 18.7 Å². The van der Waals surface area contributed by atoms with Crippen LogP contribution in [-0.2, 0) is 17.9 Å². The molecule has 0 bridgehead atoms. The first-order valence-corrected chi connectivity index (χ1v) is 12.7. The van der Waals surface area contributed by atoms with Gasteiger partial charge in [0.25, 0.3) is 11.6 Å². The van der Waals surface area contributed by atoms with Crippen LogP contribution in [0.2, 0.25) is 0 Å². The van der Waals surface area contributed by atoms with Crippen molar-refractivity contribution in [3.63, 3.8) is 0 Å². The number of nitro groups is 1. The highest BCUT2D eigenvalue weighted by Crippen LogP contribution is 2.30. The quantitative estimate of drug-likeness (QED) is 0.468. The van der Waals surface area contributed by atoms with Gasteiger partial charge in [-0.15, -0.1) is 0 Å². The molecule has 9 heteroatoms. The summed E-state index contributed by atoms with van der Waals surface area (Å²) < 4.78 is 0. The van der Waals surface area contributed by atoms with E-state index in [-0.39, 0.29) is 23.1 Å². The van der Waals surface area contributed by atoms with Gasteiger partial charge < -0.3 is 15.1 Å². The van der Waals surface area contributed by atoms with E-state index in [1.807, 2.05) is 17.0 Å². The first kappa shape index (κ1) is 25.6. The van der Waals surface area contributed by atoms with Gasteiger partial charge >= 0.3 is 0 Å². The first-order chi connectivity index (χ1) is 17.3. The van der Waals surface area contributed by atoms with Crippen molar-refractivity contribution >= 4 is 23.2 Å². The topological polar surface area (TPSA) is 99.0 Å². The Labute approximate surface area is 212 Å². The lowest BCUT2D eigenvalue weighted by Gasteiger charge is -2.35. The second-order valence-electron chi connectivity index (χ2n) is 9.77. The molecule has 2 saturated heterocycles. The summed E-state index contributed by atoms with van der Waals surface area (Å²) in [6.45, 7) is 8.30. The Hall–Kier alpha value is -3.46. The normalized spacial score (nSPS) is 18.7. The molecule has 1 atom stereocenters. The summed E-state index contributed by atoms with van der Waals surface area (Å²) in [5.74, 6) is -0.348. The molecule has 36 heavy (non-hydrogen) atoms. The number of benzene rings is 2. The fourth-order valence-corrected chi connectivity index (χ4v) is 5.01. The molecule has 0 aliphatic carbocycles. The zero-order valence-corrected chi connectivity index (χ0v) is 21.1. The number of nitrogens with zero attached hydrogens (tertiary/aromatic N) is 4. The van der Waals surface area contributed by atoms with E-state index >= 15 is 0 Å². The maximum atomic E-state index is 12.8. The van der Waals surface area contributed by atoms with Crippen LogP contribution in [0, 0.1) is 10.1 Å². The largest absolute Gasteiger partial charge is 0.362 e. The number of hydrogen-bond donors (Lipinski definition) is 1. The van der Waals surface area contributed by atoms with Crippen LogP contribution >= 0.6 is 0 Å². The lowest BCUT2D eigenvalue weighted by Crippen LogP contribution is -2.48. The number of piperazine rings is 1. The number of likely N-dealkylation sites (tertiary alicyclic amines) is 1. The predicted octanol–water partition coefficient (Wildman–Crippen LogP) is 3.57. The average molecular weight is 494 g/mol. The van der Waals surface area contributed by atoms with Gasteiger partial charge in [0.1, 0.15) is 5.69 Å². The van der Waals surface area contributed by atoms with Gasteiger partial charge in [-0.3, -0.25) is 24.6 Å². The first-order valence-electron chi connectivity index (χ1n) is 12.7. The van der Waals surface area contributed by atoms with Crippen molar-refractivity contribution < 1.29 is 14.5 Å². The van der Waals surface area contributed by atoms with E-state index in [4.69, 9.17) is 0 Å². The Balaban J connectivity index is 1.35. The van der Waals surface area contributed by atoms with E-state index in [1.54, 1.807) is 17.0 Å². The monoisotopic (exact) mass is 493 g/mol. The third-order valence-electron chi connectivity index (χ3n) is 7.30. The van der Waals surface area contributed by atoms with Crippen LogP contribution in [-0.4, -0.2) is 65.3 Å². The summed E-state index contributed by atoms with van der Waals surface area (Å²) >= 11 is 0. The molecule has 0 aromatic heterocycles. The third kappa shape index (κ3) is 6.20. The third-order valence-corrected chi connectivity index (χ3v) is 7.30. The van der Waals surface area contributed by atoms with Crippen molar-refractivity contribution in [2.45, 2.75) is 52.2 Å². The highest BCUT2D eigenvalue weighted by molar-refractivity contribution is 5.95. The lowest BCUT2D eigenvalue weighted by atomic mass is 10.0. The van der Waals surface area contributed by atoms with Crippen molar-refractivity contribution in [2.75, 3.05) is 37.6 Å². The van der Waals surface area contributed by atoms with Crippen LogP contribution in [0.5, 0.6) is 0 Å². The second-order valence-corrected chi connectivity index (χ2v) is 9.77. The van der Waals surface area contributed by atoms with Gasteiger partial charge in [0.05, 0.1) is 4.92 Å². The van der Waals surface area contributed by atoms with Gasteiger partial charge in [-0.05, 0) is 49.6 Å². The van der Waals surface area contributed by atoms with Gasteiger partial charge in [0.15, 0.2) is 0 Å². The van der Waals surface area contributed by atoms with E-state index in [1.165, 1.54) is 37.8 Å². The van der Waals surface area contributed by atoms with Crippen molar-refractivity contribution in [1.29, 1.82) is 0 Å². The number of hydrogen-bond acceptors (Lipinski definition) is 6. The number of rotatable bonds is 7. The summed E-state index contributed by atoms with van der Waals surface area (Å²) in [7, 11) is 0. The number of anilines is 1. The Morgan fingerprint density at radius 2 is 1.69 bits per heavy atom. The summed E-state index contributed by atoms with van der Waals surface area (Å²) in [6, 6.07) is 13.5. The highest BCUT2D eigenvalue weighted by atomic mass is 16.6. The lowest BCUT2D eigenvalue weighted by molar-refractivity contribution is -0.384. The predicted molar refractivity (Wildman–Crippen MR) is 139 cm³/mol. The minimum absolute atomic E-state index is 0.00223. The molecule has 2 aliphatic heterocycles. The SMILES string of the molecule is CC(=O)N1CCN(c2ccc(C(=O)NCc3ccc(CN4CCCCC4C)cc3)cc2[N+](=O)[O-])CC1. The van der Waals surface area contributed by atoms with Crippen LogP contribution in [0.15, 0.2) is 42.5 Å². The van der Waals surface area contributed by atoms with E-state index < -0.39 is 4.92 Å². The smallest absolute Gasteiger partial charge is 0.293 e. The standard InChI is InChI=1S/C27H35N5O4/c1-20-5-3-4-12-31(20)19-23-8-6-22(7-9-23)18-28-27(34)24-10-11-25(26(17-24)32(35)36)30-15-13-29(14-16-30)21(2)33/h6-11,17,20H,3-5,12-16,18-19H2,1-2H3,(H,28,34). The van der Waals surface area contributed by atoms with Gasteiger partial charge in [-0.2, -0.15) is 0 Å². The molecular weight excluding hydrogens is 458 g/mol. The van der Waals surface area contributed by atoms with Crippen LogP contribution in [0.4, 0.5) is 11.4 Å². The Morgan fingerprint density at radius 1 is 1.00 bits per heavy atom. The second kappa shape index (κ2) is 11.5. The van der Waals surface area contributed by atoms with Crippen molar-refractivity contribution in [3.8, 4) is 0 Å². The molecule has 0 spiro atoms. The van der Waals surface area contributed by atoms with Gasteiger partial charge in [0, 0.05) is 63.9 Å². The fourth-order valence-electron chi connectivity index (χ4n) is 5.01. The van der Waals surface area contributed by atoms with Gasteiger partial charge in [-0.1, -0.05) is 30.7 Å². The molecule has 192 valence electrons. The Morgan fingerprint density at radius 3 is 2.33 bits per heavy atom.